The molecule has 1 heterocycles. The van der Waals surface area contributed by atoms with Gasteiger partial charge in [0.25, 0.3) is 5.56 Å². The fourth-order valence-corrected chi connectivity index (χ4v) is 1.65. The van der Waals surface area contributed by atoms with Crippen LogP contribution in [0, 0.1) is 0 Å². The smallest absolute Gasteiger partial charge is 0.287 e. The summed E-state index contributed by atoms with van der Waals surface area (Å²) in [5.41, 5.74) is -0.598. The van der Waals surface area contributed by atoms with Crippen LogP contribution in [0.5, 0.6) is 0 Å². The molecule has 0 unspecified atom stereocenters. The average molecular weight is 302 g/mol. The maximum Gasteiger partial charge on any atom is 0.287 e. The summed E-state index contributed by atoms with van der Waals surface area (Å²) < 4.78 is 0.968. The van der Waals surface area contributed by atoms with Crippen LogP contribution < -0.4 is 5.56 Å². The molecule has 1 amide bonds. The highest BCUT2D eigenvalue weighted by atomic mass is 35.5. The van der Waals surface area contributed by atoms with E-state index in [0.717, 1.165) is 4.68 Å². The SMILES string of the molecule is C=CCN(CC=C)C(=O)Cn1ncc(Cl)c(Cl)c1=O. The number of carbonyl (C=O) groups excluding carboxylic acids is 1. The van der Waals surface area contributed by atoms with Gasteiger partial charge in [0.1, 0.15) is 11.6 Å². The van der Waals surface area contributed by atoms with E-state index in [1.54, 1.807) is 12.2 Å². The zero-order valence-electron chi connectivity index (χ0n) is 10.2. The number of nitrogens with zero attached hydrogens (tertiary/aromatic N) is 3. The van der Waals surface area contributed by atoms with Gasteiger partial charge in [-0.3, -0.25) is 9.59 Å². The Morgan fingerprint density at radius 2 is 1.95 bits per heavy atom. The summed E-state index contributed by atoms with van der Waals surface area (Å²) in [6.07, 6.45) is 4.41. The first-order valence-electron chi connectivity index (χ1n) is 5.42. The van der Waals surface area contributed by atoms with Gasteiger partial charge in [0, 0.05) is 13.1 Å². The number of carbonyl (C=O) groups is 1. The van der Waals surface area contributed by atoms with Crippen LogP contribution in [0.1, 0.15) is 0 Å². The van der Waals surface area contributed by atoms with E-state index < -0.39 is 5.56 Å². The van der Waals surface area contributed by atoms with Gasteiger partial charge < -0.3 is 4.90 Å². The van der Waals surface area contributed by atoms with Gasteiger partial charge >= 0.3 is 0 Å². The average Bonchev–Trinajstić information content (AvgIpc) is 2.39. The summed E-state index contributed by atoms with van der Waals surface area (Å²) >= 11 is 11.4. The highest BCUT2D eigenvalue weighted by molar-refractivity contribution is 6.41. The second-order valence-corrected chi connectivity index (χ2v) is 4.43. The van der Waals surface area contributed by atoms with Crippen molar-refractivity contribution in [3.63, 3.8) is 0 Å². The number of halogens is 2. The molecule has 1 rings (SSSR count). The van der Waals surface area contributed by atoms with E-state index in [2.05, 4.69) is 18.3 Å². The molecule has 0 aromatic carbocycles. The molecule has 5 nitrogen and oxygen atoms in total. The van der Waals surface area contributed by atoms with Crippen LogP contribution in [0.15, 0.2) is 36.3 Å². The lowest BCUT2D eigenvalue weighted by Gasteiger charge is -2.19. The highest BCUT2D eigenvalue weighted by Crippen LogP contribution is 2.14. The van der Waals surface area contributed by atoms with Gasteiger partial charge in [-0.1, -0.05) is 35.4 Å². The molecule has 0 spiro atoms. The molecule has 0 aliphatic rings. The highest BCUT2D eigenvalue weighted by Gasteiger charge is 2.14. The Morgan fingerprint density at radius 1 is 1.37 bits per heavy atom. The molecule has 7 heteroatoms. The van der Waals surface area contributed by atoms with Gasteiger partial charge in [0.05, 0.1) is 11.2 Å². The lowest BCUT2D eigenvalue weighted by atomic mass is 10.4. The molecule has 0 bridgehead atoms. The monoisotopic (exact) mass is 301 g/mol. The van der Waals surface area contributed by atoms with Crippen molar-refractivity contribution in [2.45, 2.75) is 6.54 Å². The zero-order valence-corrected chi connectivity index (χ0v) is 11.7. The summed E-state index contributed by atoms with van der Waals surface area (Å²) in [7, 11) is 0. The van der Waals surface area contributed by atoms with Crippen LogP contribution in [0.4, 0.5) is 0 Å². The molecule has 1 aromatic heterocycles. The predicted octanol–water partition coefficient (Wildman–Crippen LogP) is 1.75. The van der Waals surface area contributed by atoms with Crippen molar-refractivity contribution in [1.82, 2.24) is 14.7 Å². The van der Waals surface area contributed by atoms with E-state index in [4.69, 9.17) is 23.2 Å². The van der Waals surface area contributed by atoms with Gasteiger partial charge in [0.15, 0.2) is 0 Å². The van der Waals surface area contributed by atoms with Gasteiger partial charge in [-0.15, -0.1) is 13.2 Å². The number of hydrogen-bond donors (Lipinski definition) is 0. The third-order valence-corrected chi connectivity index (χ3v) is 3.03. The molecule has 102 valence electrons. The molecule has 1 aromatic rings. The first kappa shape index (κ1) is 15.5. The number of rotatable bonds is 6. The van der Waals surface area contributed by atoms with Gasteiger partial charge in [-0.2, -0.15) is 5.10 Å². The molecule has 0 atom stereocenters. The maximum absolute atomic E-state index is 12.0. The molecule has 0 radical (unpaired) electrons. The quantitative estimate of drug-likeness (QED) is 0.752. The second kappa shape index (κ2) is 7.11. The Balaban J connectivity index is 2.92. The third kappa shape index (κ3) is 3.94. The fourth-order valence-electron chi connectivity index (χ4n) is 1.38. The summed E-state index contributed by atoms with van der Waals surface area (Å²) in [5, 5.41) is 3.68. The van der Waals surface area contributed by atoms with Gasteiger partial charge in [-0.25, -0.2) is 4.68 Å². The van der Waals surface area contributed by atoms with Crippen LogP contribution in [0.2, 0.25) is 10.0 Å². The molecular formula is C12H13Cl2N3O2. The van der Waals surface area contributed by atoms with Crippen molar-refractivity contribution in [3.05, 3.63) is 51.9 Å². The van der Waals surface area contributed by atoms with E-state index in [9.17, 15) is 9.59 Å². The number of hydrogen-bond acceptors (Lipinski definition) is 3. The van der Waals surface area contributed by atoms with Crippen LogP contribution in [-0.2, 0) is 11.3 Å². The molecule has 0 fully saturated rings. The Bertz CT molecular complexity index is 544. The van der Waals surface area contributed by atoms with Gasteiger partial charge in [0.2, 0.25) is 5.91 Å². The summed E-state index contributed by atoms with van der Waals surface area (Å²) in [4.78, 5) is 25.2. The Morgan fingerprint density at radius 3 is 2.47 bits per heavy atom. The first-order chi connectivity index (χ1) is 9.01. The number of aromatic nitrogens is 2. The minimum absolute atomic E-state index is 0.0596. The largest absolute Gasteiger partial charge is 0.334 e. The van der Waals surface area contributed by atoms with Crippen LogP contribution in [-0.4, -0.2) is 33.7 Å². The first-order valence-corrected chi connectivity index (χ1v) is 6.17. The zero-order chi connectivity index (χ0) is 14.4. The van der Waals surface area contributed by atoms with Gasteiger partial charge in [-0.05, 0) is 0 Å². The van der Waals surface area contributed by atoms with E-state index in [1.807, 2.05) is 0 Å². The minimum Gasteiger partial charge on any atom is -0.334 e. The minimum atomic E-state index is -0.598. The van der Waals surface area contributed by atoms with Crippen molar-refractivity contribution in [3.8, 4) is 0 Å². The van der Waals surface area contributed by atoms with Crippen molar-refractivity contribution < 1.29 is 4.79 Å². The van der Waals surface area contributed by atoms with E-state index in [-0.39, 0.29) is 22.5 Å². The molecular weight excluding hydrogens is 289 g/mol. The summed E-state index contributed by atoms with van der Waals surface area (Å²) in [6, 6.07) is 0. The second-order valence-electron chi connectivity index (χ2n) is 3.65. The molecule has 0 aliphatic heterocycles. The van der Waals surface area contributed by atoms with E-state index in [1.165, 1.54) is 11.1 Å². The Kier molecular flexibility index (Phi) is 5.79. The summed E-state index contributed by atoms with van der Waals surface area (Å²) in [5.74, 6) is -0.284. The molecule has 0 saturated heterocycles. The number of amides is 1. The molecule has 0 N–H and O–H groups in total. The Labute approximate surface area is 120 Å². The van der Waals surface area contributed by atoms with Crippen molar-refractivity contribution >= 4 is 29.1 Å². The lowest BCUT2D eigenvalue weighted by molar-refractivity contribution is -0.131. The third-order valence-electron chi connectivity index (χ3n) is 2.28. The normalized spacial score (nSPS) is 10.0. The topological polar surface area (TPSA) is 55.2 Å². The van der Waals surface area contributed by atoms with Crippen LogP contribution >= 0.6 is 23.2 Å². The van der Waals surface area contributed by atoms with Crippen molar-refractivity contribution in [1.29, 1.82) is 0 Å². The van der Waals surface area contributed by atoms with E-state index >= 15 is 0 Å². The standard InChI is InChI=1S/C12H13Cl2N3O2/c1-3-5-16(6-4-2)10(18)8-17-12(19)11(14)9(13)7-15-17/h3-4,7H,1-2,5-6,8H2. The summed E-state index contributed by atoms with van der Waals surface area (Å²) in [6.45, 7) is 7.64. The fraction of sp³-hybridized carbons (Fsp3) is 0.250. The maximum atomic E-state index is 12.0. The molecule has 0 saturated carbocycles. The predicted molar refractivity (Wildman–Crippen MR) is 75.5 cm³/mol. The van der Waals surface area contributed by atoms with E-state index in [0.29, 0.717) is 13.1 Å². The van der Waals surface area contributed by atoms with Crippen molar-refractivity contribution in [2.75, 3.05) is 13.1 Å². The van der Waals surface area contributed by atoms with Crippen LogP contribution in [0.3, 0.4) is 0 Å². The molecule has 19 heavy (non-hydrogen) atoms. The molecule has 0 aliphatic carbocycles. The Hall–Kier alpha value is -1.59. The lowest BCUT2D eigenvalue weighted by Crippen LogP contribution is -2.37. The van der Waals surface area contributed by atoms with Crippen LogP contribution in [0.25, 0.3) is 0 Å². The van der Waals surface area contributed by atoms with Crippen molar-refractivity contribution in [2.24, 2.45) is 0 Å².